The standard InChI is InChI=1S/C36H34N8O20S6.4Na/c1-21-33(36(46)44(42-21)27-9-11-28(12-10-27)67(50,51)16-15-61-69(55,56)57)39-37-24-5-13-29(31(17-24)65-64-63-47)30-14-6-25(18-32(30)68(52,53)54)38-40-34-22(2)41-43(35(34)45)26-7-3-23(4-8-26)19-66(48,49)20-62-70(58,59)60;;;;/h3-14,17-18,45-47H,15-16,19-20H2,1-2H3,(H,52,53,54)(H,55,56,57)(H,58,59,60);;;;/q;4*+1/p-4. The summed E-state index contributed by atoms with van der Waals surface area (Å²) < 4.78 is 166. The Balaban J connectivity index is 0.00000469. The third kappa shape index (κ3) is 18.5. The number of hydrogen-bond donors (Lipinski definition) is 2. The van der Waals surface area contributed by atoms with Crippen LogP contribution in [-0.4, -0.2) is 104 Å². The third-order valence-electron chi connectivity index (χ3n) is 9.14. The number of aromatic nitrogens is 4. The van der Waals surface area contributed by atoms with Gasteiger partial charge in [0.2, 0.25) is 32.6 Å². The van der Waals surface area contributed by atoms with Crippen molar-refractivity contribution in [3.63, 3.8) is 0 Å². The van der Waals surface area contributed by atoms with Crippen LogP contribution in [0.2, 0.25) is 0 Å². The zero-order chi connectivity index (χ0) is 51.4. The van der Waals surface area contributed by atoms with E-state index in [-0.39, 0.29) is 190 Å². The molecule has 38 heteroatoms. The normalized spacial score (nSPS) is 12.2. The summed E-state index contributed by atoms with van der Waals surface area (Å²) in [7, 11) is -23.9. The Hall–Kier alpha value is -2.12. The molecule has 0 saturated carbocycles. The van der Waals surface area contributed by atoms with Crippen LogP contribution in [0.15, 0.2) is 120 Å². The first-order valence-electron chi connectivity index (χ1n) is 18.8. The molecule has 0 aliphatic rings. The predicted octanol–water partition coefficient (Wildman–Crippen LogP) is -8.67. The van der Waals surface area contributed by atoms with Gasteiger partial charge >= 0.3 is 118 Å². The SMILES string of the molecule is Cc1nn(-c2ccc(S(=O)(=O)CCOS(=O)(=O)[O-])cc2)c(O)c1N=Nc1ccc(-c2ccc(N=Nc3c(C)nn(-c4ccc(CS(=O)(=O)COS(=O)(=O)[O-])cc4)c3O)cc2S(=O)(=O)[O-])c(SOO[O-])c1.[Na+].[Na+].[Na+].[Na+]. The average Bonchev–Trinajstić information content (AvgIpc) is 3.73. The van der Waals surface area contributed by atoms with Crippen molar-refractivity contribution < 1.29 is 207 Å². The van der Waals surface area contributed by atoms with Gasteiger partial charge in [-0.15, -0.1) is 10.2 Å². The summed E-state index contributed by atoms with van der Waals surface area (Å²) in [5, 5.41) is 60.8. The molecule has 0 atom stereocenters. The molecule has 6 rings (SSSR count). The van der Waals surface area contributed by atoms with Crippen LogP contribution in [0.5, 0.6) is 11.8 Å². The van der Waals surface area contributed by atoms with Gasteiger partial charge in [0, 0.05) is 10.5 Å². The summed E-state index contributed by atoms with van der Waals surface area (Å²) in [6.45, 7) is 2.00. The Bertz CT molecular complexity index is 3610. The molecule has 2 N–H and O–H groups in total. The van der Waals surface area contributed by atoms with Crippen LogP contribution in [0.3, 0.4) is 0 Å². The molecule has 74 heavy (non-hydrogen) atoms. The summed E-state index contributed by atoms with van der Waals surface area (Å²) in [5.74, 6) is -3.99. The molecular formula is C36H30N8Na4O20S6. The maximum atomic E-state index is 12.6. The summed E-state index contributed by atoms with van der Waals surface area (Å²) in [6.07, 6.45) is 0. The van der Waals surface area contributed by atoms with Gasteiger partial charge in [0.15, 0.2) is 37.0 Å². The maximum Gasteiger partial charge on any atom is 1.00 e. The molecule has 0 aliphatic heterocycles. The molecule has 4 aromatic carbocycles. The molecule has 28 nitrogen and oxygen atoms in total. The smallest absolute Gasteiger partial charge is 0.744 e. The van der Waals surface area contributed by atoms with Crippen LogP contribution in [0, 0.1) is 13.8 Å². The fraction of sp³-hybridized carbons (Fsp3) is 0.167. The van der Waals surface area contributed by atoms with E-state index < -0.39 is 91.3 Å². The van der Waals surface area contributed by atoms with Gasteiger partial charge in [-0.25, -0.2) is 42.1 Å². The molecule has 0 bridgehead atoms. The van der Waals surface area contributed by atoms with Crippen molar-refractivity contribution in [2.24, 2.45) is 20.5 Å². The molecule has 0 radical (unpaired) electrons. The van der Waals surface area contributed by atoms with Crippen molar-refractivity contribution in [2.45, 2.75) is 34.3 Å². The van der Waals surface area contributed by atoms with Crippen LogP contribution < -0.4 is 123 Å². The molecule has 0 amide bonds. The molecule has 0 saturated heterocycles. The van der Waals surface area contributed by atoms with Crippen molar-refractivity contribution in [1.82, 2.24) is 19.6 Å². The Morgan fingerprint density at radius 2 is 1.09 bits per heavy atom. The number of azo groups is 2. The van der Waals surface area contributed by atoms with Gasteiger partial charge in [-0.3, -0.25) is 13.4 Å². The Morgan fingerprint density at radius 1 is 0.622 bits per heavy atom. The van der Waals surface area contributed by atoms with Gasteiger partial charge in [-0.05, 0) is 85.6 Å². The molecule has 0 fully saturated rings. The van der Waals surface area contributed by atoms with E-state index in [1.54, 1.807) is 0 Å². The van der Waals surface area contributed by atoms with Crippen LogP contribution in [0.4, 0.5) is 22.7 Å². The van der Waals surface area contributed by atoms with E-state index in [4.69, 9.17) is 0 Å². The predicted molar refractivity (Wildman–Crippen MR) is 232 cm³/mol. The summed E-state index contributed by atoms with van der Waals surface area (Å²) in [4.78, 5) is -1.11. The average molecular weight is 1180 g/mol. The fourth-order valence-corrected chi connectivity index (χ4v) is 10.6. The molecule has 6 aromatic rings. The minimum atomic E-state index is -5.29. The fourth-order valence-electron chi connectivity index (χ4n) is 6.06. The van der Waals surface area contributed by atoms with Crippen LogP contribution in [0.25, 0.3) is 22.5 Å². The van der Waals surface area contributed by atoms with E-state index >= 15 is 0 Å². The zero-order valence-corrected chi connectivity index (χ0v) is 52.1. The van der Waals surface area contributed by atoms with Gasteiger partial charge in [0.1, 0.15) is 10.1 Å². The first-order chi connectivity index (χ1) is 32.6. The van der Waals surface area contributed by atoms with E-state index in [1.807, 2.05) is 0 Å². The van der Waals surface area contributed by atoms with Crippen molar-refractivity contribution in [3.05, 3.63) is 102 Å². The number of benzene rings is 4. The largest absolute Gasteiger partial charge is 1.00 e. The zero-order valence-electron chi connectivity index (χ0n) is 39.2. The molecular weight excluding hydrogens is 1150 g/mol. The molecule has 374 valence electrons. The van der Waals surface area contributed by atoms with Crippen LogP contribution in [-0.2, 0) is 74.1 Å². The van der Waals surface area contributed by atoms with E-state index in [2.05, 4.69) is 48.4 Å². The van der Waals surface area contributed by atoms with E-state index in [1.165, 1.54) is 80.6 Å². The minimum Gasteiger partial charge on any atom is -0.744 e. The second-order valence-corrected chi connectivity index (χ2v) is 22.3. The molecule has 0 spiro atoms. The first-order valence-corrected chi connectivity index (χ1v) is 27.1. The monoisotopic (exact) mass is 1180 g/mol. The third-order valence-corrected chi connectivity index (χ3v) is 14.6. The van der Waals surface area contributed by atoms with Gasteiger partial charge in [-0.2, -0.15) is 34.1 Å². The number of hydrogen-bond acceptors (Lipinski definition) is 27. The minimum absolute atomic E-state index is 0. The van der Waals surface area contributed by atoms with E-state index in [0.717, 1.165) is 27.6 Å². The van der Waals surface area contributed by atoms with Crippen molar-refractivity contribution in [2.75, 3.05) is 18.3 Å². The Morgan fingerprint density at radius 3 is 1.57 bits per heavy atom. The number of aryl methyl sites for hydroxylation is 2. The van der Waals surface area contributed by atoms with E-state index in [9.17, 15) is 71.2 Å². The molecule has 2 aromatic heterocycles. The Labute approximate surface area is 514 Å². The van der Waals surface area contributed by atoms with Gasteiger partial charge in [-0.1, -0.05) is 24.3 Å². The molecule has 2 heterocycles. The van der Waals surface area contributed by atoms with Crippen molar-refractivity contribution in [1.29, 1.82) is 0 Å². The maximum absolute atomic E-state index is 12.6. The molecule has 0 unspecified atom stereocenters. The van der Waals surface area contributed by atoms with Gasteiger partial charge in [0.05, 0.1) is 74.1 Å². The molecule has 0 aliphatic carbocycles. The van der Waals surface area contributed by atoms with Crippen LogP contribution in [0.1, 0.15) is 17.0 Å². The number of rotatable bonds is 21. The summed E-state index contributed by atoms with van der Waals surface area (Å²) >= 11 is 0.303. The van der Waals surface area contributed by atoms with Crippen LogP contribution >= 0.6 is 12.0 Å². The van der Waals surface area contributed by atoms with Crippen molar-refractivity contribution in [3.8, 4) is 34.3 Å². The quantitative estimate of drug-likeness (QED) is 0.0129. The summed E-state index contributed by atoms with van der Waals surface area (Å²) in [6, 6.07) is 17.4. The van der Waals surface area contributed by atoms with Gasteiger partial charge in [0.25, 0.3) is 0 Å². The second-order valence-electron chi connectivity index (χ2n) is 14.0. The topological polar surface area (TPSA) is 425 Å². The summed E-state index contributed by atoms with van der Waals surface area (Å²) in [5.41, 5.74) is 0.0467. The van der Waals surface area contributed by atoms with E-state index in [0.29, 0.717) is 12.0 Å². The second kappa shape index (κ2) is 28.2. The number of sulfone groups is 2. The first kappa shape index (κ1) is 68.0. The number of nitrogens with zero attached hydrogens (tertiary/aromatic N) is 8. The van der Waals surface area contributed by atoms with Crippen molar-refractivity contribution >= 4 is 85.4 Å². The Kier molecular flexibility index (Phi) is 25.9. The van der Waals surface area contributed by atoms with Gasteiger partial charge < -0.3 is 29.1 Å². The number of aromatic hydroxyl groups is 2.